The molecule has 0 aromatic carbocycles. The first-order chi connectivity index (χ1) is 11.4. The molecule has 0 N–H and O–H groups in total. The Morgan fingerprint density at radius 3 is 2.67 bits per heavy atom. The monoisotopic (exact) mass is 354 g/mol. The van der Waals surface area contributed by atoms with Gasteiger partial charge in [0.05, 0.1) is 11.6 Å². The third kappa shape index (κ3) is 3.26. The number of aryl methyl sites for hydroxylation is 1. The Morgan fingerprint density at radius 2 is 2.12 bits per heavy atom. The number of carbonyl (C=O) groups excluding carboxylic acids is 1. The second-order valence-electron chi connectivity index (χ2n) is 5.94. The maximum absolute atomic E-state index is 13.2. The molecule has 1 saturated carbocycles. The molecule has 1 amide bonds. The lowest BCUT2D eigenvalue weighted by Gasteiger charge is -2.29. The molecular formula is C16H17ClF2N4O. The fraction of sp³-hybridized carbons (Fsp3) is 0.438. The standard InChI is InChI=1S/C16H17ClF2N4O/c1-9(10-3-6-13(17)20-7-10)23(11-4-5-11)16(24)12-8-22(2)21-14(12)15(18)19/h3,6-9,11,15H,4-5H2,1-2H3. The Morgan fingerprint density at radius 1 is 1.42 bits per heavy atom. The van der Waals surface area contributed by atoms with E-state index in [1.807, 2.05) is 6.92 Å². The highest BCUT2D eigenvalue weighted by Gasteiger charge is 2.39. The first-order valence-electron chi connectivity index (χ1n) is 7.64. The second-order valence-corrected chi connectivity index (χ2v) is 6.32. The number of hydrogen-bond acceptors (Lipinski definition) is 3. The fourth-order valence-corrected chi connectivity index (χ4v) is 2.89. The molecule has 1 aliphatic carbocycles. The van der Waals surface area contributed by atoms with E-state index in [9.17, 15) is 13.6 Å². The molecule has 1 unspecified atom stereocenters. The summed E-state index contributed by atoms with van der Waals surface area (Å²) in [7, 11) is 1.52. The van der Waals surface area contributed by atoms with Crippen LogP contribution in [0.1, 0.15) is 53.8 Å². The first-order valence-corrected chi connectivity index (χ1v) is 8.02. The van der Waals surface area contributed by atoms with Crippen molar-refractivity contribution in [3.8, 4) is 0 Å². The summed E-state index contributed by atoms with van der Waals surface area (Å²) in [5, 5.41) is 4.09. The van der Waals surface area contributed by atoms with Crippen LogP contribution in [0.5, 0.6) is 0 Å². The number of nitrogens with zero attached hydrogens (tertiary/aromatic N) is 4. The molecule has 5 nitrogen and oxygen atoms in total. The van der Waals surface area contributed by atoms with Gasteiger partial charge in [-0.15, -0.1) is 0 Å². The molecule has 128 valence electrons. The van der Waals surface area contributed by atoms with E-state index < -0.39 is 18.0 Å². The summed E-state index contributed by atoms with van der Waals surface area (Å²) in [5.41, 5.74) is 0.282. The Labute approximate surface area is 143 Å². The number of halogens is 3. The van der Waals surface area contributed by atoms with Crippen LogP contribution in [-0.2, 0) is 7.05 Å². The average molecular weight is 355 g/mol. The van der Waals surface area contributed by atoms with Gasteiger partial charge < -0.3 is 4.90 Å². The van der Waals surface area contributed by atoms with Gasteiger partial charge in [0.1, 0.15) is 10.8 Å². The van der Waals surface area contributed by atoms with Gasteiger partial charge in [-0.25, -0.2) is 13.8 Å². The first kappa shape index (κ1) is 16.8. The molecule has 2 aromatic rings. The van der Waals surface area contributed by atoms with E-state index in [0.717, 1.165) is 18.4 Å². The fourth-order valence-electron chi connectivity index (χ4n) is 2.78. The van der Waals surface area contributed by atoms with Crippen molar-refractivity contribution in [1.82, 2.24) is 19.7 Å². The normalized spacial score (nSPS) is 15.6. The van der Waals surface area contributed by atoms with Gasteiger partial charge in [0.2, 0.25) is 0 Å². The van der Waals surface area contributed by atoms with E-state index in [2.05, 4.69) is 10.1 Å². The molecule has 0 aliphatic heterocycles. The predicted octanol–water partition coefficient (Wildman–Crippen LogP) is 3.77. The van der Waals surface area contributed by atoms with E-state index >= 15 is 0 Å². The van der Waals surface area contributed by atoms with Crippen molar-refractivity contribution in [2.45, 2.75) is 38.3 Å². The minimum atomic E-state index is -2.79. The summed E-state index contributed by atoms with van der Waals surface area (Å²) < 4.78 is 27.6. The Balaban J connectivity index is 1.94. The van der Waals surface area contributed by atoms with Crippen molar-refractivity contribution in [3.05, 3.63) is 46.5 Å². The highest BCUT2D eigenvalue weighted by atomic mass is 35.5. The predicted molar refractivity (Wildman–Crippen MR) is 85.0 cm³/mol. The minimum Gasteiger partial charge on any atom is -0.329 e. The highest BCUT2D eigenvalue weighted by molar-refractivity contribution is 6.29. The van der Waals surface area contributed by atoms with Crippen molar-refractivity contribution >= 4 is 17.5 Å². The van der Waals surface area contributed by atoms with E-state index in [-0.39, 0.29) is 17.6 Å². The SMILES string of the molecule is CC(c1ccc(Cl)nc1)N(C(=O)c1cn(C)nc1C(F)F)C1CC1. The Kier molecular flexibility index (Phi) is 4.54. The van der Waals surface area contributed by atoms with Crippen LogP contribution in [0.4, 0.5) is 8.78 Å². The zero-order valence-corrected chi connectivity index (χ0v) is 14.0. The Bertz CT molecular complexity index is 743. The number of alkyl halides is 2. The molecule has 24 heavy (non-hydrogen) atoms. The van der Waals surface area contributed by atoms with Gasteiger partial charge in [0.25, 0.3) is 12.3 Å². The van der Waals surface area contributed by atoms with Gasteiger partial charge in [-0.2, -0.15) is 5.10 Å². The van der Waals surface area contributed by atoms with Crippen LogP contribution >= 0.6 is 11.6 Å². The molecule has 1 fully saturated rings. The van der Waals surface area contributed by atoms with Crippen molar-refractivity contribution in [2.24, 2.45) is 7.05 Å². The summed E-state index contributed by atoms with van der Waals surface area (Å²) >= 11 is 5.80. The van der Waals surface area contributed by atoms with Crippen LogP contribution < -0.4 is 0 Å². The average Bonchev–Trinajstić information content (AvgIpc) is 3.28. The number of pyridine rings is 1. The lowest BCUT2D eigenvalue weighted by molar-refractivity contribution is 0.0662. The summed E-state index contributed by atoms with van der Waals surface area (Å²) in [6.45, 7) is 1.86. The zero-order valence-electron chi connectivity index (χ0n) is 13.3. The van der Waals surface area contributed by atoms with Crippen molar-refractivity contribution in [3.63, 3.8) is 0 Å². The van der Waals surface area contributed by atoms with Crippen LogP contribution in [-0.4, -0.2) is 31.6 Å². The molecule has 1 atom stereocenters. The third-order valence-corrected chi connectivity index (χ3v) is 4.34. The number of hydrogen-bond donors (Lipinski definition) is 0. The smallest absolute Gasteiger partial charge is 0.282 e. The molecule has 2 aromatic heterocycles. The summed E-state index contributed by atoms with van der Waals surface area (Å²) in [4.78, 5) is 18.6. The molecule has 8 heteroatoms. The highest BCUT2D eigenvalue weighted by Crippen LogP contribution is 2.36. The lowest BCUT2D eigenvalue weighted by Crippen LogP contribution is -2.36. The summed E-state index contributed by atoms with van der Waals surface area (Å²) in [6, 6.07) is 3.20. The van der Waals surface area contributed by atoms with Gasteiger partial charge in [-0.05, 0) is 31.4 Å². The van der Waals surface area contributed by atoms with Crippen molar-refractivity contribution < 1.29 is 13.6 Å². The number of aromatic nitrogens is 3. The van der Waals surface area contributed by atoms with Crippen LogP contribution in [0, 0.1) is 0 Å². The lowest BCUT2D eigenvalue weighted by atomic mass is 10.1. The minimum absolute atomic E-state index is 0.0480. The molecule has 1 aliphatic rings. The number of amides is 1. The van der Waals surface area contributed by atoms with Gasteiger partial charge in [0, 0.05) is 25.5 Å². The van der Waals surface area contributed by atoms with Crippen molar-refractivity contribution in [1.29, 1.82) is 0 Å². The summed E-state index contributed by atoms with van der Waals surface area (Å²) in [6.07, 6.45) is 1.89. The van der Waals surface area contributed by atoms with E-state index in [1.165, 1.54) is 17.9 Å². The quantitative estimate of drug-likeness (QED) is 0.768. The largest absolute Gasteiger partial charge is 0.329 e. The molecular weight excluding hydrogens is 338 g/mol. The topological polar surface area (TPSA) is 51.0 Å². The Hall–Kier alpha value is -2.02. The molecule has 0 bridgehead atoms. The maximum atomic E-state index is 13.2. The van der Waals surface area contributed by atoms with Gasteiger partial charge in [-0.1, -0.05) is 17.7 Å². The molecule has 0 radical (unpaired) electrons. The summed E-state index contributed by atoms with van der Waals surface area (Å²) in [5.74, 6) is -0.427. The van der Waals surface area contributed by atoms with Crippen LogP contribution in [0.2, 0.25) is 5.15 Å². The van der Waals surface area contributed by atoms with Crippen molar-refractivity contribution in [2.75, 3.05) is 0 Å². The van der Waals surface area contributed by atoms with Gasteiger partial charge in [-0.3, -0.25) is 9.48 Å². The third-order valence-electron chi connectivity index (χ3n) is 4.12. The second kappa shape index (κ2) is 6.47. The molecule has 0 spiro atoms. The van der Waals surface area contributed by atoms with E-state index in [0.29, 0.717) is 5.15 Å². The van der Waals surface area contributed by atoms with E-state index in [4.69, 9.17) is 11.6 Å². The van der Waals surface area contributed by atoms with Crippen LogP contribution in [0.15, 0.2) is 24.5 Å². The van der Waals surface area contributed by atoms with Gasteiger partial charge >= 0.3 is 0 Å². The van der Waals surface area contributed by atoms with Crippen LogP contribution in [0.25, 0.3) is 0 Å². The van der Waals surface area contributed by atoms with Crippen LogP contribution in [0.3, 0.4) is 0 Å². The molecule has 2 heterocycles. The number of rotatable bonds is 5. The van der Waals surface area contributed by atoms with E-state index in [1.54, 1.807) is 23.2 Å². The molecule has 3 rings (SSSR count). The maximum Gasteiger partial charge on any atom is 0.282 e. The number of carbonyl (C=O) groups is 1. The molecule has 0 saturated heterocycles. The zero-order chi connectivity index (χ0) is 17.4. The van der Waals surface area contributed by atoms with Gasteiger partial charge in [0.15, 0.2) is 0 Å².